The van der Waals surface area contributed by atoms with Crippen LogP contribution in [0.15, 0.2) is 0 Å². The van der Waals surface area contributed by atoms with Crippen LogP contribution in [0.1, 0.15) is 73.1 Å². The molecular formula is C13H30S. The summed E-state index contributed by atoms with van der Waals surface area (Å²) in [5.41, 5.74) is 0.549. The van der Waals surface area contributed by atoms with Crippen LogP contribution in [0.2, 0.25) is 0 Å². The summed E-state index contributed by atoms with van der Waals surface area (Å²) in [6.07, 6.45) is 8.01. The molecule has 1 heteroatoms. The SMILES string of the molecule is CC.CCCCC(CC)(CS)CCC. The first-order valence-electron chi connectivity index (χ1n) is 6.35. The normalized spacial score (nSPS) is 14.1. The highest BCUT2D eigenvalue weighted by atomic mass is 32.1. The van der Waals surface area contributed by atoms with E-state index in [0.717, 1.165) is 5.75 Å². The van der Waals surface area contributed by atoms with Gasteiger partial charge in [0.15, 0.2) is 0 Å². The lowest BCUT2D eigenvalue weighted by Crippen LogP contribution is -2.21. The van der Waals surface area contributed by atoms with E-state index >= 15 is 0 Å². The maximum absolute atomic E-state index is 4.49. The fraction of sp³-hybridized carbons (Fsp3) is 1.00. The fourth-order valence-corrected chi connectivity index (χ4v) is 2.37. The van der Waals surface area contributed by atoms with Crippen LogP contribution in [0.5, 0.6) is 0 Å². The van der Waals surface area contributed by atoms with Gasteiger partial charge in [0.25, 0.3) is 0 Å². The second-order valence-electron chi connectivity index (χ2n) is 3.87. The number of thiol groups is 1. The predicted molar refractivity (Wildman–Crippen MR) is 72.4 cm³/mol. The average molecular weight is 218 g/mol. The highest BCUT2D eigenvalue weighted by Crippen LogP contribution is 2.34. The van der Waals surface area contributed by atoms with Crippen LogP contribution in [0, 0.1) is 5.41 Å². The van der Waals surface area contributed by atoms with Crippen molar-refractivity contribution >= 4 is 12.6 Å². The minimum absolute atomic E-state index is 0.549. The van der Waals surface area contributed by atoms with Crippen molar-refractivity contribution in [1.29, 1.82) is 0 Å². The number of rotatable bonds is 7. The Kier molecular flexibility index (Phi) is 13.7. The lowest BCUT2D eigenvalue weighted by atomic mass is 9.78. The summed E-state index contributed by atoms with van der Waals surface area (Å²) in [5.74, 6) is 1.07. The van der Waals surface area contributed by atoms with Crippen molar-refractivity contribution in [3.8, 4) is 0 Å². The van der Waals surface area contributed by atoms with Crippen molar-refractivity contribution in [2.45, 2.75) is 73.1 Å². The molecule has 0 nitrogen and oxygen atoms in total. The van der Waals surface area contributed by atoms with Crippen molar-refractivity contribution in [2.24, 2.45) is 5.41 Å². The number of hydrogen-bond acceptors (Lipinski definition) is 1. The molecule has 0 amide bonds. The molecule has 0 radical (unpaired) electrons. The summed E-state index contributed by atoms with van der Waals surface area (Å²) in [4.78, 5) is 0. The minimum atomic E-state index is 0.549. The van der Waals surface area contributed by atoms with Crippen LogP contribution in [-0.2, 0) is 0 Å². The van der Waals surface area contributed by atoms with E-state index in [1.54, 1.807) is 0 Å². The minimum Gasteiger partial charge on any atom is -0.179 e. The highest BCUT2D eigenvalue weighted by Gasteiger charge is 2.24. The van der Waals surface area contributed by atoms with Gasteiger partial charge < -0.3 is 0 Å². The molecule has 1 unspecified atom stereocenters. The molecule has 0 saturated heterocycles. The van der Waals surface area contributed by atoms with Gasteiger partial charge in [-0.2, -0.15) is 12.6 Å². The second kappa shape index (κ2) is 11.4. The first-order valence-corrected chi connectivity index (χ1v) is 6.98. The third-order valence-corrected chi connectivity index (χ3v) is 3.60. The van der Waals surface area contributed by atoms with Crippen LogP contribution in [0.4, 0.5) is 0 Å². The molecule has 0 aromatic rings. The lowest BCUT2D eigenvalue weighted by Gasteiger charge is -2.30. The molecule has 0 aliphatic carbocycles. The largest absolute Gasteiger partial charge is 0.179 e. The van der Waals surface area contributed by atoms with Gasteiger partial charge in [0.05, 0.1) is 0 Å². The van der Waals surface area contributed by atoms with Crippen LogP contribution in [0.3, 0.4) is 0 Å². The van der Waals surface area contributed by atoms with E-state index in [1.807, 2.05) is 13.8 Å². The van der Waals surface area contributed by atoms with Crippen molar-refractivity contribution in [1.82, 2.24) is 0 Å². The maximum atomic E-state index is 4.49. The molecule has 0 heterocycles. The first-order chi connectivity index (χ1) is 6.74. The van der Waals surface area contributed by atoms with Crippen molar-refractivity contribution in [3.05, 3.63) is 0 Å². The van der Waals surface area contributed by atoms with E-state index in [0.29, 0.717) is 5.41 Å². The molecule has 0 fully saturated rings. The molecule has 0 aliphatic heterocycles. The van der Waals surface area contributed by atoms with Crippen LogP contribution in [-0.4, -0.2) is 5.75 Å². The molecule has 14 heavy (non-hydrogen) atoms. The molecule has 0 saturated carbocycles. The molecule has 1 atom stereocenters. The van der Waals surface area contributed by atoms with E-state index in [1.165, 1.54) is 38.5 Å². The fourth-order valence-electron chi connectivity index (χ4n) is 1.83. The maximum Gasteiger partial charge on any atom is -0.00413 e. The smallest absolute Gasteiger partial charge is 0.00413 e. The predicted octanol–water partition coefficient (Wildman–Crippen LogP) is 5.33. The first kappa shape index (κ1) is 16.8. The zero-order valence-corrected chi connectivity index (χ0v) is 11.8. The summed E-state index contributed by atoms with van der Waals surface area (Å²) in [6, 6.07) is 0. The van der Waals surface area contributed by atoms with Gasteiger partial charge in [-0.25, -0.2) is 0 Å². The zero-order valence-electron chi connectivity index (χ0n) is 10.9. The Morgan fingerprint density at radius 2 is 1.50 bits per heavy atom. The monoisotopic (exact) mass is 218 g/mol. The summed E-state index contributed by atoms with van der Waals surface area (Å²) < 4.78 is 0. The summed E-state index contributed by atoms with van der Waals surface area (Å²) in [5, 5.41) is 0. The Bertz CT molecular complexity index is 95.4. The molecule has 0 rings (SSSR count). The van der Waals surface area contributed by atoms with Gasteiger partial charge >= 0.3 is 0 Å². The van der Waals surface area contributed by atoms with Crippen LogP contribution < -0.4 is 0 Å². The summed E-state index contributed by atoms with van der Waals surface area (Å²) in [6.45, 7) is 10.9. The molecule has 88 valence electrons. The summed E-state index contributed by atoms with van der Waals surface area (Å²) >= 11 is 4.49. The van der Waals surface area contributed by atoms with E-state index in [2.05, 4.69) is 33.4 Å². The Labute approximate surface area is 97.3 Å². The zero-order chi connectivity index (χ0) is 11.4. The molecular weight excluding hydrogens is 188 g/mol. The third kappa shape index (κ3) is 6.75. The Morgan fingerprint density at radius 1 is 0.929 bits per heavy atom. The average Bonchev–Trinajstić information content (AvgIpc) is 2.27. The van der Waals surface area contributed by atoms with Crippen molar-refractivity contribution in [2.75, 3.05) is 5.75 Å². The molecule has 0 aliphatic rings. The van der Waals surface area contributed by atoms with Gasteiger partial charge in [0.1, 0.15) is 0 Å². The van der Waals surface area contributed by atoms with Gasteiger partial charge in [0, 0.05) is 0 Å². The van der Waals surface area contributed by atoms with Gasteiger partial charge in [0.2, 0.25) is 0 Å². The number of hydrogen-bond donors (Lipinski definition) is 1. The van der Waals surface area contributed by atoms with Gasteiger partial charge in [-0.3, -0.25) is 0 Å². The van der Waals surface area contributed by atoms with Crippen molar-refractivity contribution in [3.63, 3.8) is 0 Å². The van der Waals surface area contributed by atoms with E-state index in [-0.39, 0.29) is 0 Å². The van der Waals surface area contributed by atoms with Gasteiger partial charge in [-0.1, -0.05) is 53.9 Å². The quantitative estimate of drug-likeness (QED) is 0.549. The molecule has 0 spiro atoms. The third-order valence-electron chi connectivity index (χ3n) is 2.93. The second-order valence-corrected chi connectivity index (χ2v) is 4.18. The number of unbranched alkanes of at least 4 members (excludes halogenated alkanes) is 1. The molecule has 0 aromatic heterocycles. The van der Waals surface area contributed by atoms with E-state index < -0.39 is 0 Å². The van der Waals surface area contributed by atoms with Gasteiger partial charge in [-0.05, 0) is 30.4 Å². The Morgan fingerprint density at radius 3 is 1.79 bits per heavy atom. The van der Waals surface area contributed by atoms with Crippen LogP contribution in [0.25, 0.3) is 0 Å². The lowest BCUT2D eigenvalue weighted by molar-refractivity contribution is 0.259. The highest BCUT2D eigenvalue weighted by molar-refractivity contribution is 7.80. The van der Waals surface area contributed by atoms with E-state index in [4.69, 9.17) is 0 Å². The standard InChI is InChI=1S/C11H24S.C2H6/c1-4-7-9-11(6-3,10-12)8-5-2;1-2/h12H,4-10H2,1-3H3;1-2H3. The van der Waals surface area contributed by atoms with Crippen LogP contribution >= 0.6 is 12.6 Å². The topological polar surface area (TPSA) is 0 Å². The van der Waals surface area contributed by atoms with Gasteiger partial charge in [-0.15, -0.1) is 0 Å². The Balaban J connectivity index is 0. The Hall–Kier alpha value is 0.350. The molecule has 0 bridgehead atoms. The summed E-state index contributed by atoms with van der Waals surface area (Å²) in [7, 11) is 0. The van der Waals surface area contributed by atoms with Crippen molar-refractivity contribution < 1.29 is 0 Å². The molecule has 0 N–H and O–H groups in total. The molecule has 0 aromatic carbocycles. The van der Waals surface area contributed by atoms with E-state index in [9.17, 15) is 0 Å².